The largest absolute Gasteiger partial charge is 0.337 e. The lowest BCUT2D eigenvalue weighted by Gasteiger charge is -2.59. The molecular weight excluding hydrogens is 312 g/mol. The van der Waals surface area contributed by atoms with Gasteiger partial charge in [0.15, 0.2) is 0 Å². The normalized spacial score (nSPS) is 19.4. The second kappa shape index (κ2) is 5.40. The third-order valence-corrected chi connectivity index (χ3v) is 5.26. The third kappa shape index (κ3) is 2.41. The molecule has 1 aliphatic heterocycles. The molecular formula is C18H19F2N3O. The summed E-state index contributed by atoms with van der Waals surface area (Å²) in [6.07, 6.45) is 0.791. The molecule has 1 saturated carbocycles. The first-order valence-electron chi connectivity index (χ1n) is 8.13. The molecule has 24 heavy (non-hydrogen) atoms. The summed E-state index contributed by atoms with van der Waals surface area (Å²) in [5.74, 6) is 0.227. The van der Waals surface area contributed by atoms with Crippen LogP contribution in [0, 0.1) is 5.41 Å². The fraction of sp³-hybridized carbons (Fsp3) is 0.444. The zero-order chi connectivity index (χ0) is 16.9. The van der Waals surface area contributed by atoms with Gasteiger partial charge in [0.2, 0.25) is 0 Å². The third-order valence-electron chi connectivity index (χ3n) is 5.26. The summed E-state index contributed by atoms with van der Waals surface area (Å²) in [6, 6.07) is 10.4. The summed E-state index contributed by atoms with van der Waals surface area (Å²) >= 11 is 0. The molecule has 2 aliphatic rings. The van der Waals surface area contributed by atoms with E-state index in [9.17, 15) is 13.6 Å². The smallest absolute Gasteiger partial charge is 0.282 e. The van der Waals surface area contributed by atoms with Gasteiger partial charge in [0.1, 0.15) is 5.69 Å². The summed E-state index contributed by atoms with van der Waals surface area (Å²) in [5, 5.41) is 3.71. The van der Waals surface area contributed by atoms with E-state index in [1.54, 1.807) is 11.9 Å². The van der Waals surface area contributed by atoms with Gasteiger partial charge >= 0.3 is 0 Å². The molecule has 0 bridgehead atoms. The molecule has 4 nitrogen and oxygen atoms in total. The Labute approximate surface area is 139 Å². The molecule has 4 rings (SSSR count). The van der Waals surface area contributed by atoms with Crippen molar-refractivity contribution in [1.82, 2.24) is 14.7 Å². The van der Waals surface area contributed by atoms with Crippen LogP contribution in [0.15, 0.2) is 36.5 Å². The Morgan fingerprint density at radius 3 is 2.54 bits per heavy atom. The quantitative estimate of drug-likeness (QED) is 0.865. The fourth-order valence-electron chi connectivity index (χ4n) is 4.11. The van der Waals surface area contributed by atoms with Gasteiger partial charge in [-0.3, -0.25) is 9.48 Å². The topological polar surface area (TPSA) is 38.1 Å². The van der Waals surface area contributed by atoms with Crippen molar-refractivity contribution in [3.63, 3.8) is 0 Å². The van der Waals surface area contributed by atoms with Crippen LogP contribution in [0.5, 0.6) is 0 Å². The van der Waals surface area contributed by atoms with Crippen LogP contribution < -0.4 is 0 Å². The summed E-state index contributed by atoms with van der Waals surface area (Å²) in [5.41, 5.74) is 1.14. The van der Waals surface area contributed by atoms with Crippen molar-refractivity contribution in [2.45, 2.75) is 25.2 Å². The predicted octanol–water partition coefficient (Wildman–Crippen LogP) is 3.38. The molecule has 1 aliphatic carbocycles. The number of alkyl halides is 2. The van der Waals surface area contributed by atoms with Gasteiger partial charge in [-0.15, -0.1) is 0 Å². The van der Waals surface area contributed by atoms with Gasteiger partial charge in [-0.2, -0.15) is 5.10 Å². The Kier molecular flexibility index (Phi) is 3.44. The van der Waals surface area contributed by atoms with Crippen molar-refractivity contribution in [2.75, 3.05) is 13.1 Å². The summed E-state index contributed by atoms with van der Waals surface area (Å²) in [6.45, 7) is 1.32. The van der Waals surface area contributed by atoms with Crippen molar-refractivity contribution in [3.8, 4) is 0 Å². The van der Waals surface area contributed by atoms with Gasteiger partial charge in [0.25, 0.3) is 12.3 Å². The maximum absolute atomic E-state index is 13.0. The first-order chi connectivity index (χ1) is 11.5. The second-order valence-electron chi connectivity index (χ2n) is 7.08. The SMILES string of the molecule is Cn1cc(C(=O)N2CC3(CC(c4ccccc4)C3)C2)c(C(F)F)n1. The molecule has 1 amide bonds. The van der Waals surface area contributed by atoms with Gasteiger partial charge in [-0.25, -0.2) is 8.78 Å². The van der Waals surface area contributed by atoms with Gasteiger partial charge in [0.05, 0.1) is 5.56 Å². The van der Waals surface area contributed by atoms with E-state index in [-0.39, 0.29) is 16.9 Å². The highest BCUT2D eigenvalue weighted by Gasteiger charge is 2.54. The molecule has 2 fully saturated rings. The highest BCUT2D eigenvalue weighted by atomic mass is 19.3. The molecule has 6 heteroatoms. The minimum absolute atomic E-state index is 0.0290. The van der Waals surface area contributed by atoms with E-state index in [4.69, 9.17) is 0 Å². The highest BCUT2D eigenvalue weighted by molar-refractivity contribution is 5.95. The zero-order valence-electron chi connectivity index (χ0n) is 13.5. The zero-order valence-corrected chi connectivity index (χ0v) is 13.5. The van der Waals surface area contributed by atoms with Crippen LogP contribution in [-0.4, -0.2) is 33.7 Å². The molecule has 2 aromatic rings. The number of carbonyl (C=O) groups is 1. The molecule has 2 heterocycles. The number of rotatable bonds is 3. The van der Waals surface area contributed by atoms with E-state index >= 15 is 0 Å². The van der Waals surface area contributed by atoms with E-state index in [2.05, 4.69) is 17.2 Å². The maximum atomic E-state index is 13.0. The van der Waals surface area contributed by atoms with Crippen LogP contribution >= 0.6 is 0 Å². The maximum Gasteiger partial charge on any atom is 0.282 e. The molecule has 0 atom stereocenters. The monoisotopic (exact) mass is 331 g/mol. The molecule has 1 saturated heterocycles. The Bertz CT molecular complexity index is 758. The Hall–Kier alpha value is -2.24. The van der Waals surface area contributed by atoms with Crippen molar-refractivity contribution in [2.24, 2.45) is 12.5 Å². The van der Waals surface area contributed by atoms with Gasteiger partial charge in [-0.1, -0.05) is 30.3 Å². The van der Waals surface area contributed by atoms with Crippen LogP contribution in [0.1, 0.15) is 46.8 Å². The van der Waals surface area contributed by atoms with Crippen LogP contribution in [0.4, 0.5) is 8.78 Å². The number of amides is 1. The minimum atomic E-state index is -2.73. The molecule has 1 spiro atoms. The van der Waals surface area contributed by atoms with E-state index in [1.165, 1.54) is 16.4 Å². The number of hydrogen-bond acceptors (Lipinski definition) is 2. The Morgan fingerprint density at radius 1 is 1.25 bits per heavy atom. The Morgan fingerprint density at radius 2 is 1.92 bits per heavy atom. The minimum Gasteiger partial charge on any atom is -0.337 e. The van der Waals surface area contributed by atoms with Gasteiger partial charge in [-0.05, 0) is 24.3 Å². The molecule has 0 unspecified atom stereocenters. The van der Waals surface area contributed by atoms with Gasteiger partial charge < -0.3 is 4.90 Å². The number of likely N-dealkylation sites (tertiary alicyclic amines) is 1. The first-order valence-corrected chi connectivity index (χ1v) is 8.13. The molecule has 126 valence electrons. The molecule has 0 N–H and O–H groups in total. The van der Waals surface area contributed by atoms with Crippen molar-refractivity contribution in [3.05, 3.63) is 53.3 Å². The number of nitrogens with zero attached hydrogens (tertiary/aromatic N) is 3. The lowest BCUT2D eigenvalue weighted by atomic mass is 9.56. The number of hydrogen-bond donors (Lipinski definition) is 0. The van der Waals surface area contributed by atoms with E-state index in [0.29, 0.717) is 19.0 Å². The summed E-state index contributed by atoms with van der Waals surface area (Å²) < 4.78 is 27.3. The highest BCUT2D eigenvalue weighted by Crippen LogP contribution is 2.56. The average molecular weight is 331 g/mol. The Balaban J connectivity index is 1.39. The van der Waals surface area contributed by atoms with Crippen LogP contribution in [0.2, 0.25) is 0 Å². The van der Waals surface area contributed by atoms with Crippen molar-refractivity contribution in [1.29, 1.82) is 0 Å². The molecule has 1 aromatic heterocycles. The van der Waals surface area contributed by atoms with Crippen LogP contribution in [0.25, 0.3) is 0 Å². The van der Waals surface area contributed by atoms with Crippen LogP contribution in [-0.2, 0) is 7.05 Å². The first kappa shape index (κ1) is 15.3. The average Bonchev–Trinajstić information content (AvgIpc) is 2.87. The molecule has 1 aromatic carbocycles. The number of halogens is 2. The lowest BCUT2D eigenvalue weighted by Crippen LogP contribution is -2.63. The number of aryl methyl sites for hydroxylation is 1. The van der Waals surface area contributed by atoms with E-state index in [0.717, 1.165) is 12.8 Å². The summed E-state index contributed by atoms with van der Waals surface area (Å²) in [4.78, 5) is 14.2. The van der Waals surface area contributed by atoms with Crippen LogP contribution in [0.3, 0.4) is 0 Å². The van der Waals surface area contributed by atoms with Crippen molar-refractivity contribution < 1.29 is 13.6 Å². The number of carbonyl (C=O) groups excluding carboxylic acids is 1. The number of benzene rings is 1. The summed E-state index contributed by atoms with van der Waals surface area (Å²) in [7, 11) is 1.55. The molecule has 0 radical (unpaired) electrons. The standard InChI is InChI=1S/C18H19F2N3O/c1-22-9-14(15(21-22)16(19)20)17(24)23-10-18(11-23)7-13(8-18)12-5-3-2-4-6-12/h2-6,9,13,16H,7-8,10-11H2,1H3. The van der Waals surface area contributed by atoms with E-state index in [1.807, 2.05) is 18.2 Å². The van der Waals surface area contributed by atoms with Gasteiger partial charge in [0, 0.05) is 31.7 Å². The van der Waals surface area contributed by atoms with Crippen molar-refractivity contribution >= 4 is 5.91 Å². The number of aromatic nitrogens is 2. The second-order valence-corrected chi connectivity index (χ2v) is 7.08. The fourth-order valence-corrected chi connectivity index (χ4v) is 4.11. The lowest BCUT2D eigenvalue weighted by molar-refractivity contribution is -0.0555. The predicted molar refractivity (Wildman–Crippen MR) is 84.9 cm³/mol. The van der Waals surface area contributed by atoms with E-state index < -0.39 is 12.1 Å².